The van der Waals surface area contributed by atoms with Crippen molar-refractivity contribution in [2.45, 2.75) is 6.04 Å². The average molecular weight is 295 g/mol. The first-order valence-corrected chi connectivity index (χ1v) is 6.40. The van der Waals surface area contributed by atoms with Crippen molar-refractivity contribution < 1.29 is 4.79 Å². The number of halogens is 2. The van der Waals surface area contributed by atoms with Gasteiger partial charge in [-0.25, -0.2) is 0 Å². The zero-order valence-corrected chi connectivity index (χ0v) is 11.4. The Labute approximate surface area is 121 Å². The Balaban J connectivity index is 2.13. The number of rotatable bonds is 3. The molecule has 0 bridgehead atoms. The molecule has 1 atom stereocenters. The summed E-state index contributed by atoms with van der Waals surface area (Å²) in [6.07, 6.45) is 0. The summed E-state index contributed by atoms with van der Waals surface area (Å²) in [6.45, 7) is 0. The van der Waals surface area contributed by atoms with Gasteiger partial charge in [0.15, 0.2) is 0 Å². The second-order valence-corrected chi connectivity index (χ2v) is 4.85. The second-order valence-electron chi connectivity index (χ2n) is 4.00. The first kappa shape index (κ1) is 13.9. The molecule has 0 heterocycles. The maximum Gasteiger partial charge on any atom is 0.245 e. The van der Waals surface area contributed by atoms with Crippen LogP contribution in [0.3, 0.4) is 0 Å². The minimum absolute atomic E-state index is 0.324. The van der Waals surface area contributed by atoms with E-state index in [-0.39, 0.29) is 5.91 Å². The SMILES string of the molecule is N[C@H](C(=O)Nc1ccc(Cl)cc1Cl)c1ccccc1. The summed E-state index contributed by atoms with van der Waals surface area (Å²) in [6, 6.07) is 13.2. The summed E-state index contributed by atoms with van der Waals surface area (Å²) in [7, 11) is 0. The summed E-state index contributed by atoms with van der Waals surface area (Å²) in [4.78, 5) is 12.0. The van der Waals surface area contributed by atoms with Crippen molar-refractivity contribution in [2.24, 2.45) is 5.73 Å². The van der Waals surface area contributed by atoms with Crippen LogP contribution in [0, 0.1) is 0 Å². The van der Waals surface area contributed by atoms with Gasteiger partial charge in [-0.2, -0.15) is 0 Å². The van der Waals surface area contributed by atoms with Gasteiger partial charge >= 0.3 is 0 Å². The van der Waals surface area contributed by atoms with Gasteiger partial charge in [0.1, 0.15) is 6.04 Å². The Morgan fingerprint density at radius 2 is 1.79 bits per heavy atom. The Kier molecular flexibility index (Phi) is 4.43. The highest BCUT2D eigenvalue weighted by atomic mass is 35.5. The van der Waals surface area contributed by atoms with E-state index in [4.69, 9.17) is 28.9 Å². The van der Waals surface area contributed by atoms with Crippen molar-refractivity contribution in [3.05, 3.63) is 64.1 Å². The fourth-order valence-electron chi connectivity index (χ4n) is 1.61. The average Bonchev–Trinajstić information content (AvgIpc) is 2.42. The topological polar surface area (TPSA) is 55.1 Å². The minimum atomic E-state index is -0.743. The predicted molar refractivity (Wildman–Crippen MR) is 78.5 cm³/mol. The molecule has 0 aliphatic heterocycles. The minimum Gasteiger partial charge on any atom is -0.323 e. The third-order valence-corrected chi connectivity index (χ3v) is 3.18. The molecule has 0 saturated carbocycles. The maximum atomic E-state index is 12.0. The van der Waals surface area contributed by atoms with Crippen LogP contribution in [0.4, 0.5) is 5.69 Å². The molecular weight excluding hydrogens is 283 g/mol. The molecule has 2 aromatic carbocycles. The predicted octanol–water partition coefficient (Wildman–Crippen LogP) is 3.63. The van der Waals surface area contributed by atoms with E-state index < -0.39 is 6.04 Å². The number of hydrogen-bond donors (Lipinski definition) is 2. The zero-order valence-electron chi connectivity index (χ0n) is 9.94. The van der Waals surface area contributed by atoms with Crippen molar-refractivity contribution in [1.29, 1.82) is 0 Å². The van der Waals surface area contributed by atoms with Crippen LogP contribution in [0.25, 0.3) is 0 Å². The molecule has 0 unspecified atom stereocenters. The Morgan fingerprint density at radius 1 is 1.11 bits per heavy atom. The molecule has 98 valence electrons. The van der Waals surface area contributed by atoms with Gasteiger partial charge in [-0.15, -0.1) is 0 Å². The van der Waals surface area contributed by atoms with Crippen LogP contribution in [-0.2, 0) is 4.79 Å². The van der Waals surface area contributed by atoms with Crippen LogP contribution in [0.15, 0.2) is 48.5 Å². The number of carbonyl (C=O) groups excluding carboxylic acids is 1. The number of nitrogens with two attached hydrogens (primary N) is 1. The first-order valence-electron chi connectivity index (χ1n) is 5.64. The zero-order chi connectivity index (χ0) is 13.8. The molecule has 3 N–H and O–H groups in total. The summed E-state index contributed by atoms with van der Waals surface area (Å²) in [5, 5.41) is 3.57. The lowest BCUT2D eigenvalue weighted by atomic mass is 10.1. The summed E-state index contributed by atoms with van der Waals surface area (Å²) in [5.41, 5.74) is 7.11. The molecule has 2 rings (SSSR count). The Hall–Kier alpha value is -1.55. The largest absolute Gasteiger partial charge is 0.323 e. The molecule has 5 heteroatoms. The lowest BCUT2D eigenvalue weighted by Gasteiger charge is -2.13. The third-order valence-electron chi connectivity index (χ3n) is 2.63. The van der Waals surface area contributed by atoms with Gasteiger partial charge in [-0.1, -0.05) is 53.5 Å². The van der Waals surface area contributed by atoms with Gasteiger partial charge in [0.05, 0.1) is 10.7 Å². The molecule has 0 aliphatic rings. The first-order chi connectivity index (χ1) is 9.08. The van der Waals surface area contributed by atoms with Gasteiger partial charge < -0.3 is 11.1 Å². The van der Waals surface area contributed by atoms with E-state index in [0.29, 0.717) is 15.7 Å². The molecule has 0 fully saturated rings. The maximum absolute atomic E-state index is 12.0. The number of hydrogen-bond acceptors (Lipinski definition) is 2. The van der Waals surface area contributed by atoms with Crippen molar-refractivity contribution in [3.8, 4) is 0 Å². The number of benzene rings is 2. The van der Waals surface area contributed by atoms with E-state index in [1.165, 1.54) is 0 Å². The van der Waals surface area contributed by atoms with Crippen LogP contribution in [0.2, 0.25) is 10.0 Å². The molecule has 3 nitrogen and oxygen atoms in total. The highest BCUT2D eigenvalue weighted by Crippen LogP contribution is 2.26. The number of carbonyl (C=O) groups is 1. The number of nitrogens with one attached hydrogen (secondary N) is 1. The van der Waals surface area contributed by atoms with E-state index in [2.05, 4.69) is 5.32 Å². The van der Waals surface area contributed by atoms with Crippen molar-refractivity contribution in [2.75, 3.05) is 5.32 Å². The van der Waals surface area contributed by atoms with Crippen molar-refractivity contribution in [1.82, 2.24) is 0 Å². The van der Waals surface area contributed by atoms with Crippen LogP contribution >= 0.6 is 23.2 Å². The Bertz CT molecular complexity index is 587. The highest BCUT2D eigenvalue weighted by Gasteiger charge is 2.16. The smallest absolute Gasteiger partial charge is 0.245 e. The second kappa shape index (κ2) is 6.06. The van der Waals surface area contributed by atoms with Gasteiger partial charge in [0.25, 0.3) is 0 Å². The normalized spacial score (nSPS) is 11.9. The molecule has 2 aromatic rings. The Morgan fingerprint density at radius 3 is 2.42 bits per heavy atom. The van der Waals surface area contributed by atoms with E-state index in [0.717, 1.165) is 5.56 Å². The molecule has 19 heavy (non-hydrogen) atoms. The van der Waals surface area contributed by atoms with Crippen LogP contribution in [0.1, 0.15) is 11.6 Å². The van der Waals surface area contributed by atoms with Gasteiger partial charge in [0.2, 0.25) is 5.91 Å². The van der Waals surface area contributed by atoms with Crippen LogP contribution < -0.4 is 11.1 Å². The molecular formula is C14H12Cl2N2O. The van der Waals surface area contributed by atoms with E-state index >= 15 is 0 Å². The molecule has 0 aliphatic carbocycles. The molecule has 0 radical (unpaired) electrons. The fraction of sp³-hybridized carbons (Fsp3) is 0.0714. The third kappa shape index (κ3) is 3.47. The van der Waals surface area contributed by atoms with Crippen molar-refractivity contribution in [3.63, 3.8) is 0 Å². The number of anilines is 1. The molecule has 1 amide bonds. The highest BCUT2D eigenvalue weighted by molar-refractivity contribution is 6.36. The summed E-state index contributed by atoms with van der Waals surface area (Å²) in [5.74, 6) is -0.324. The summed E-state index contributed by atoms with van der Waals surface area (Å²) >= 11 is 11.8. The standard InChI is InChI=1S/C14H12Cl2N2O/c15-10-6-7-12(11(16)8-10)18-14(19)13(17)9-4-2-1-3-5-9/h1-8,13H,17H2,(H,18,19)/t13-/m0/s1. The van der Waals surface area contributed by atoms with Crippen LogP contribution in [0.5, 0.6) is 0 Å². The van der Waals surface area contributed by atoms with E-state index in [9.17, 15) is 4.79 Å². The lowest BCUT2D eigenvalue weighted by molar-refractivity contribution is -0.117. The van der Waals surface area contributed by atoms with Gasteiger partial charge in [-0.3, -0.25) is 4.79 Å². The molecule has 0 spiro atoms. The van der Waals surface area contributed by atoms with Crippen molar-refractivity contribution >= 4 is 34.8 Å². The quantitative estimate of drug-likeness (QED) is 0.908. The molecule has 0 aromatic heterocycles. The fourth-order valence-corrected chi connectivity index (χ4v) is 2.07. The van der Waals surface area contributed by atoms with E-state index in [1.807, 2.05) is 18.2 Å². The lowest BCUT2D eigenvalue weighted by Crippen LogP contribution is -2.27. The van der Waals surface area contributed by atoms with Gasteiger partial charge in [0, 0.05) is 5.02 Å². The monoisotopic (exact) mass is 294 g/mol. The molecule has 0 saturated heterocycles. The van der Waals surface area contributed by atoms with Gasteiger partial charge in [-0.05, 0) is 23.8 Å². The van der Waals surface area contributed by atoms with Crippen LogP contribution in [-0.4, -0.2) is 5.91 Å². The summed E-state index contributed by atoms with van der Waals surface area (Å²) < 4.78 is 0. The van der Waals surface area contributed by atoms with E-state index in [1.54, 1.807) is 30.3 Å². The number of amides is 1.